The van der Waals surface area contributed by atoms with Crippen LogP contribution in [0.1, 0.15) is 25.7 Å². The van der Waals surface area contributed by atoms with Gasteiger partial charge in [-0.05, 0) is 19.3 Å². The van der Waals surface area contributed by atoms with Gasteiger partial charge in [0.05, 0.1) is 0 Å². The number of aromatic nitrogens is 2. The third kappa shape index (κ3) is 2.59. The number of hydrogen-bond acceptors (Lipinski definition) is 5. The zero-order valence-corrected chi connectivity index (χ0v) is 13.7. The Morgan fingerprint density at radius 3 is 2.90 bits per heavy atom. The van der Waals surface area contributed by atoms with E-state index in [-0.39, 0.29) is 22.8 Å². The summed E-state index contributed by atoms with van der Waals surface area (Å²) in [7, 11) is -3.72. The smallest absolute Gasteiger partial charge is 0.262 e. The highest BCUT2D eigenvalue weighted by Crippen LogP contribution is 2.33. The van der Waals surface area contributed by atoms with Gasteiger partial charge in [-0.15, -0.1) is 11.3 Å². The van der Waals surface area contributed by atoms with Crippen molar-refractivity contribution < 1.29 is 13.5 Å². The van der Waals surface area contributed by atoms with Crippen LogP contribution in [0.5, 0.6) is 0 Å². The molecule has 0 saturated heterocycles. The number of thiazole rings is 1. The molecule has 0 aromatic carbocycles. The maximum Gasteiger partial charge on any atom is 0.262 e. The lowest BCUT2D eigenvalue weighted by molar-refractivity contribution is 0.198. The molecule has 0 radical (unpaired) electrons. The van der Waals surface area contributed by atoms with Crippen LogP contribution in [0.2, 0.25) is 5.15 Å². The molecule has 2 aromatic heterocycles. The van der Waals surface area contributed by atoms with E-state index < -0.39 is 10.0 Å². The SMILES string of the molecule is O=S(=O)(c1c(Cl)nc2sccn12)N(CCCO)C1CCC1. The predicted molar refractivity (Wildman–Crippen MR) is 81.3 cm³/mol. The Balaban J connectivity index is 2.03. The number of aliphatic hydroxyl groups is 1. The van der Waals surface area contributed by atoms with Crippen LogP contribution in [0.4, 0.5) is 0 Å². The summed E-state index contributed by atoms with van der Waals surface area (Å²) in [5.74, 6) is 0. The minimum absolute atomic E-state index is 0.00167. The van der Waals surface area contributed by atoms with Gasteiger partial charge in [0.2, 0.25) is 0 Å². The summed E-state index contributed by atoms with van der Waals surface area (Å²) in [5.41, 5.74) is 0. The van der Waals surface area contributed by atoms with Gasteiger partial charge in [0.1, 0.15) is 0 Å². The van der Waals surface area contributed by atoms with Crippen LogP contribution < -0.4 is 0 Å². The number of aliphatic hydroxyl groups excluding tert-OH is 1. The van der Waals surface area contributed by atoms with E-state index in [1.54, 1.807) is 11.6 Å². The molecule has 1 aliphatic carbocycles. The standard InChI is InChI=1S/C12H16ClN3O3S2/c13-10-11(15-6-8-20-12(15)14-10)21(18,19)16(5-2-7-17)9-3-1-4-9/h6,8-9,17H,1-5,7H2. The highest BCUT2D eigenvalue weighted by Gasteiger charge is 2.38. The second-order valence-corrected chi connectivity index (χ2v) is 8.08. The zero-order chi connectivity index (χ0) is 15.0. The second-order valence-electron chi connectivity index (χ2n) is 5.04. The van der Waals surface area contributed by atoms with Crippen molar-refractivity contribution in [2.45, 2.75) is 36.8 Å². The first kappa shape index (κ1) is 15.2. The molecule has 1 saturated carbocycles. The van der Waals surface area contributed by atoms with E-state index in [0.717, 1.165) is 19.3 Å². The minimum Gasteiger partial charge on any atom is -0.396 e. The van der Waals surface area contributed by atoms with Crippen LogP contribution in [-0.2, 0) is 10.0 Å². The Bertz CT molecular complexity index is 736. The van der Waals surface area contributed by atoms with E-state index in [1.807, 2.05) is 0 Å². The molecule has 2 heterocycles. The molecule has 1 fully saturated rings. The van der Waals surface area contributed by atoms with Gasteiger partial charge in [-0.2, -0.15) is 4.31 Å². The van der Waals surface area contributed by atoms with E-state index in [2.05, 4.69) is 4.98 Å². The maximum atomic E-state index is 13.0. The van der Waals surface area contributed by atoms with Crippen molar-refractivity contribution in [1.29, 1.82) is 0 Å². The summed E-state index contributed by atoms with van der Waals surface area (Å²) in [6.07, 6.45) is 4.82. The molecule has 0 atom stereocenters. The molecule has 116 valence electrons. The Kier molecular flexibility index (Phi) is 4.24. The molecular formula is C12H16ClN3O3S2. The molecule has 9 heteroatoms. The summed E-state index contributed by atoms with van der Waals surface area (Å²) in [6, 6.07) is 0.00167. The van der Waals surface area contributed by atoms with Gasteiger partial charge < -0.3 is 5.11 Å². The first-order valence-electron chi connectivity index (χ1n) is 6.79. The minimum atomic E-state index is -3.72. The molecule has 21 heavy (non-hydrogen) atoms. The number of rotatable bonds is 6. The summed E-state index contributed by atoms with van der Waals surface area (Å²) in [6.45, 7) is 0.268. The van der Waals surface area contributed by atoms with Crippen LogP contribution in [0.25, 0.3) is 4.96 Å². The lowest BCUT2D eigenvalue weighted by atomic mass is 9.93. The van der Waals surface area contributed by atoms with Crippen LogP contribution in [0.3, 0.4) is 0 Å². The lowest BCUT2D eigenvalue weighted by Gasteiger charge is -2.36. The quantitative estimate of drug-likeness (QED) is 0.865. The van der Waals surface area contributed by atoms with Crippen LogP contribution in [0, 0.1) is 0 Å². The number of sulfonamides is 1. The number of imidazole rings is 1. The largest absolute Gasteiger partial charge is 0.396 e. The number of hydrogen-bond donors (Lipinski definition) is 1. The van der Waals surface area contributed by atoms with Crippen molar-refractivity contribution in [3.8, 4) is 0 Å². The molecule has 1 N–H and O–H groups in total. The fraction of sp³-hybridized carbons (Fsp3) is 0.583. The van der Waals surface area contributed by atoms with Crippen molar-refractivity contribution >= 4 is 37.9 Å². The zero-order valence-electron chi connectivity index (χ0n) is 11.3. The Morgan fingerprint density at radius 1 is 1.52 bits per heavy atom. The lowest BCUT2D eigenvalue weighted by Crippen LogP contribution is -2.45. The van der Waals surface area contributed by atoms with Crippen molar-refractivity contribution in [2.75, 3.05) is 13.2 Å². The average Bonchev–Trinajstić information content (AvgIpc) is 2.90. The number of nitrogens with zero attached hydrogens (tertiary/aromatic N) is 3. The predicted octanol–water partition coefficient (Wildman–Crippen LogP) is 1.97. The third-order valence-corrected chi connectivity index (χ3v) is 6.86. The molecule has 0 amide bonds. The molecule has 3 rings (SSSR count). The highest BCUT2D eigenvalue weighted by atomic mass is 35.5. The molecule has 0 spiro atoms. The Labute approximate surface area is 132 Å². The maximum absolute atomic E-state index is 13.0. The van der Waals surface area contributed by atoms with Crippen molar-refractivity contribution in [3.63, 3.8) is 0 Å². The van der Waals surface area contributed by atoms with Crippen LogP contribution >= 0.6 is 22.9 Å². The average molecular weight is 350 g/mol. The van der Waals surface area contributed by atoms with Gasteiger partial charge >= 0.3 is 0 Å². The monoisotopic (exact) mass is 349 g/mol. The molecule has 6 nitrogen and oxygen atoms in total. The normalized spacial score (nSPS) is 16.7. The second kappa shape index (κ2) is 5.85. The van der Waals surface area contributed by atoms with Crippen molar-refractivity contribution in [1.82, 2.24) is 13.7 Å². The fourth-order valence-electron chi connectivity index (χ4n) is 2.48. The van der Waals surface area contributed by atoms with Crippen LogP contribution in [-0.4, -0.2) is 46.4 Å². The van der Waals surface area contributed by atoms with E-state index in [0.29, 0.717) is 17.9 Å². The first-order valence-corrected chi connectivity index (χ1v) is 9.49. The van der Waals surface area contributed by atoms with Gasteiger partial charge in [-0.25, -0.2) is 13.4 Å². The van der Waals surface area contributed by atoms with Crippen molar-refractivity contribution in [2.24, 2.45) is 0 Å². The summed E-state index contributed by atoms with van der Waals surface area (Å²) in [4.78, 5) is 4.66. The summed E-state index contributed by atoms with van der Waals surface area (Å²) in [5, 5.41) is 10.8. The summed E-state index contributed by atoms with van der Waals surface area (Å²) < 4.78 is 28.9. The molecule has 1 aliphatic rings. The highest BCUT2D eigenvalue weighted by molar-refractivity contribution is 7.89. The number of halogens is 1. The van der Waals surface area contributed by atoms with E-state index >= 15 is 0 Å². The van der Waals surface area contributed by atoms with Crippen molar-refractivity contribution in [3.05, 3.63) is 16.7 Å². The first-order chi connectivity index (χ1) is 10.1. The van der Waals surface area contributed by atoms with E-state index in [1.165, 1.54) is 20.0 Å². The molecule has 2 aromatic rings. The van der Waals surface area contributed by atoms with Gasteiger partial charge in [-0.1, -0.05) is 18.0 Å². The fourth-order valence-corrected chi connectivity index (χ4v) is 5.62. The Morgan fingerprint density at radius 2 is 2.29 bits per heavy atom. The summed E-state index contributed by atoms with van der Waals surface area (Å²) >= 11 is 7.40. The van der Waals surface area contributed by atoms with E-state index in [4.69, 9.17) is 16.7 Å². The molecule has 0 aliphatic heterocycles. The molecule has 0 unspecified atom stereocenters. The molecular weight excluding hydrogens is 334 g/mol. The topological polar surface area (TPSA) is 74.9 Å². The number of fused-ring (bicyclic) bond motifs is 1. The van der Waals surface area contributed by atoms with E-state index in [9.17, 15) is 8.42 Å². The molecule has 0 bridgehead atoms. The third-order valence-electron chi connectivity index (χ3n) is 3.75. The van der Waals surface area contributed by atoms with Gasteiger partial charge in [0.15, 0.2) is 15.1 Å². The van der Waals surface area contributed by atoms with Gasteiger partial charge in [0.25, 0.3) is 10.0 Å². The van der Waals surface area contributed by atoms with Gasteiger partial charge in [0, 0.05) is 30.8 Å². The van der Waals surface area contributed by atoms with Gasteiger partial charge in [-0.3, -0.25) is 4.40 Å². The Hall–Kier alpha value is -0.670. The van der Waals surface area contributed by atoms with Crippen LogP contribution in [0.15, 0.2) is 16.6 Å².